The summed E-state index contributed by atoms with van der Waals surface area (Å²) in [6, 6.07) is 16.0. The topological polar surface area (TPSA) is 23.6 Å². The summed E-state index contributed by atoms with van der Waals surface area (Å²) in [5.41, 5.74) is 3.62. The first kappa shape index (κ1) is 17.9. The highest BCUT2D eigenvalue weighted by Gasteiger charge is 2.41. The van der Waals surface area contributed by atoms with Gasteiger partial charge in [-0.25, -0.2) is 4.39 Å². The van der Waals surface area contributed by atoms with Gasteiger partial charge in [0.2, 0.25) is 0 Å². The van der Waals surface area contributed by atoms with Gasteiger partial charge in [0, 0.05) is 30.7 Å². The van der Waals surface area contributed by atoms with Crippen molar-refractivity contribution >= 4 is 5.91 Å². The predicted octanol–water partition coefficient (Wildman–Crippen LogP) is 3.92. The fourth-order valence-corrected chi connectivity index (χ4v) is 5.63. The Labute approximate surface area is 166 Å². The first-order valence-corrected chi connectivity index (χ1v) is 10.6. The quantitative estimate of drug-likeness (QED) is 0.791. The number of likely N-dealkylation sites (tertiary alicyclic amines) is 2. The number of hydrogen-bond donors (Lipinski definition) is 0. The standard InChI is InChI=1S/C24H27FN2O/c25-21-9-7-17(8-10-21)24(28)26-13-11-23-20(16-26)6-3-12-27(23)22-14-18-4-1-2-5-19(18)15-22/h1-2,4-5,7-10,20,22-23H,3,6,11-16H2/t20-,23+/m1/s1. The summed E-state index contributed by atoms with van der Waals surface area (Å²) in [4.78, 5) is 17.6. The summed E-state index contributed by atoms with van der Waals surface area (Å²) >= 11 is 0. The van der Waals surface area contributed by atoms with Crippen molar-refractivity contribution in [3.8, 4) is 0 Å². The number of nitrogens with zero attached hydrogens (tertiary/aromatic N) is 2. The summed E-state index contributed by atoms with van der Waals surface area (Å²) < 4.78 is 13.2. The summed E-state index contributed by atoms with van der Waals surface area (Å²) in [5.74, 6) is 0.301. The molecule has 3 aliphatic rings. The number of benzene rings is 2. The number of halogens is 1. The van der Waals surface area contributed by atoms with Gasteiger partial charge in [-0.2, -0.15) is 0 Å². The van der Waals surface area contributed by atoms with Crippen LogP contribution in [-0.4, -0.2) is 47.4 Å². The van der Waals surface area contributed by atoms with E-state index in [1.54, 1.807) is 12.1 Å². The van der Waals surface area contributed by atoms with Gasteiger partial charge >= 0.3 is 0 Å². The Bertz CT molecular complexity index is 840. The molecule has 146 valence electrons. The van der Waals surface area contributed by atoms with Crippen LogP contribution in [0.3, 0.4) is 0 Å². The lowest BCUT2D eigenvalue weighted by atomic mass is 9.82. The Hall–Kier alpha value is -2.20. The highest BCUT2D eigenvalue weighted by molar-refractivity contribution is 5.94. The molecular weight excluding hydrogens is 351 g/mol. The van der Waals surface area contributed by atoms with Gasteiger partial charge in [0.1, 0.15) is 5.82 Å². The van der Waals surface area contributed by atoms with E-state index in [9.17, 15) is 9.18 Å². The summed E-state index contributed by atoms with van der Waals surface area (Å²) in [6.45, 7) is 2.82. The van der Waals surface area contributed by atoms with Crippen molar-refractivity contribution in [3.05, 3.63) is 71.0 Å². The van der Waals surface area contributed by atoms with E-state index in [4.69, 9.17) is 0 Å². The van der Waals surface area contributed by atoms with Crippen LogP contribution in [-0.2, 0) is 12.8 Å². The number of fused-ring (bicyclic) bond motifs is 2. The van der Waals surface area contributed by atoms with E-state index in [1.165, 1.54) is 42.6 Å². The van der Waals surface area contributed by atoms with Crippen LogP contribution >= 0.6 is 0 Å². The Balaban J connectivity index is 1.27. The van der Waals surface area contributed by atoms with Crippen molar-refractivity contribution in [1.82, 2.24) is 9.80 Å². The van der Waals surface area contributed by atoms with E-state index in [2.05, 4.69) is 29.2 Å². The smallest absolute Gasteiger partial charge is 0.253 e. The molecule has 3 nitrogen and oxygen atoms in total. The highest BCUT2D eigenvalue weighted by atomic mass is 19.1. The zero-order valence-electron chi connectivity index (χ0n) is 16.2. The number of hydrogen-bond acceptors (Lipinski definition) is 2. The Morgan fingerprint density at radius 3 is 2.36 bits per heavy atom. The van der Waals surface area contributed by atoms with Crippen LogP contribution in [0.5, 0.6) is 0 Å². The molecule has 0 N–H and O–H groups in total. The fraction of sp³-hybridized carbons (Fsp3) is 0.458. The first-order chi connectivity index (χ1) is 13.7. The average Bonchev–Trinajstić information content (AvgIpc) is 3.17. The molecule has 0 radical (unpaired) electrons. The molecular formula is C24H27FN2O. The molecule has 0 bridgehead atoms. The number of piperidine rings is 2. The Kier molecular flexibility index (Phi) is 4.67. The molecule has 0 spiro atoms. The van der Waals surface area contributed by atoms with Crippen molar-refractivity contribution in [3.63, 3.8) is 0 Å². The van der Waals surface area contributed by atoms with Crippen molar-refractivity contribution in [2.45, 2.75) is 44.2 Å². The second-order valence-corrected chi connectivity index (χ2v) is 8.59. The molecule has 2 aromatic carbocycles. The molecule has 0 unspecified atom stereocenters. The lowest BCUT2D eigenvalue weighted by Gasteiger charge is -2.49. The summed E-state index contributed by atoms with van der Waals surface area (Å²) in [7, 11) is 0. The SMILES string of the molecule is O=C(c1ccc(F)cc1)N1CC[C@H]2[C@H](CCCN2C2Cc3ccccc3C2)C1. The second-order valence-electron chi connectivity index (χ2n) is 8.59. The largest absolute Gasteiger partial charge is 0.338 e. The van der Waals surface area contributed by atoms with Crippen LogP contribution in [0.4, 0.5) is 4.39 Å². The third-order valence-corrected chi connectivity index (χ3v) is 6.99. The molecule has 5 rings (SSSR count). The molecule has 2 saturated heterocycles. The van der Waals surface area contributed by atoms with E-state index in [0.29, 0.717) is 23.6 Å². The van der Waals surface area contributed by atoms with Crippen LogP contribution < -0.4 is 0 Å². The van der Waals surface area contributed by atoms with Crippen molar-refractivity contribution in [2.24, 2.45) is 5.92 Å². The number of carbonyl (C=O) groups is 1. The monoisotopic (exact) mass is 378 g/mol. The van der Waals surface area contributed by atoms with E-state index < -0.39 is 0 Å². The van der Waals surface area contributed by atoms with E-state index in [1.807, 2.05) is 4.90 Å². The molecule has 2 atom stereocenters. The molecule has 2 aliphatic heterocycles. The lowest BCUT2D eigenvalue weighted by Crippen LogP contribution is -2.57. The van der Waals surface area contributed by atoms with Crippen molar-refractivity contribution in [1.29, 1.82) is 0 Å². The van der Waals surface area contributed by atoms with Gasteiger partial charge in [-0.1, -0.05) is 24.3 Å². The van der Waals surface area contributed by atoms with E-state index in [-0.39, 0.29) is 11.7 Å². The first-order valence-electron chi connectivity index (χ1n) is 10.6. The average molecular weight is 378 g/mol. The molecule has 4 heteroatoms. The zero-order chi connectivity index (χ0) is 19.1. The van der Waals surface area contributed by atoms with Crippen LogP contribution in [0, 0.1) is 11.7 Å². The molecule has 2 aromatic rings. The van der Waals surface area contributed by atoms with Crippen LogP contribution in [0.1, 0.15) is 40.7 Å². The maximum absolute atomic E-state index is 13.2. The highest BCUT2D eigenvalue weighted by Crippen LogP contribution is 2.36. The van der Waals surface area contributed by atoms with Gasteiger partial charge in [-0.05, 0) is 80.0 Å². The third-order valence-electron chi connectivity index (χ3n) is 6.99. The minimum atomic E-state index is -0.296. The zero-order valence-corrected chi connectivity index (χ0v) is 16.2. The molecule has 28 heavy (non-hydrogen) atoms. The van der Waals surface area contributed by atoms with Gasteiger partial charge in [-0.3, -0.25) is 9.69 Å². The molecule has 2 fully saturated rings. The third kappa shape index (κ3) is 3.24. The minimum absolute atomic E-state index is 0.0452. The Morgan fingerprint density at radius 2 is 1.64 bits per heavy atom. The normalized spacial score (nSPS) is 25.4. The molecule has 2 heterocycles. The molecule has 1 amide bonds. The van der Waals surface area contributed by atoms with Gasteiger partial charge < -0.3 is 4.90 Å². The summed E-state index contributed by atoms with van der Waals surface area (Å²) in [6.07, 6.45) is 5.79. The van der Waals surface area contributed by atoms with Crippen LogP contribution in [0.2, 0.25) is 0 Å². The molecule has 0 aromatic heterocycles. The maximum atomic E-state index is 13.2. The van der Waals surface area contributed by atoms with Crippen molar-refractivity contribution in [2.75, 3.05) is 19.6 Å². The minimum Gasteiger partial charge on any atom is -0.338 e. The number of rotatable bonds is 2. The molecule has 1 aliphatic carbocycles. The lowest BCUT2D eigenvalue weighted by molar-refractivity contribution is 0.00210. The fourth-order valence-electron chi connectivity index (χ4n) is 5.63. The molecule has 0 saturated carbocycles. The second kappa shape index (κ2) is 7.32. The van der Waals surface area contributed by atoms with Gasteiger partial charge in [0.15, 0.2) is 0 Å². The number of amides is 1. The van der Waals surface area contributed by atoms with Gasteiger partial charge in [-0.15, -0.1) is 0 Å². The Morgan fingerprint density at radius 1 is 0.929 bits per heavy atom. The number of carbonyl (C=O) groups excluding carboxylic acids is 1. The van der Waals surface area contributed by atoms with Crippen LogP contribution in [0.25, 0.3) is 0 Å². The predicted molar refractivity (Wildman–Crippen MR) is 108 cm³/mol. The van der Waals surface area contributed by atoms with E-state index in [0.717, 1.165) is 32.4 Å². The van der Waals surface area contributed by atoms with E-state index >= 15 is 0 Å². The van der Waals surface area contributed by atoms with Crippen LogP contribution in [0.15, 0.2) is 48.5 Å². The maximum Gasteiger partial charge on any atom is 0.253 e. The summed E-state index contributed by atoms with van der Waals surface area (Å²) in [5, 5.41) is 0. The van der Waals surface area contributed by atoms with Gasteiger partial charge in [0.25, 0.3) is 5.91 Å². The van der Waals surface area contributed by atoms with Gasteiger partial charge in [0.05, 0.1) is 0 Å². The van der Waals surface area contributed by atoms with Crippen molar-refractivity contribution < 1.29 is 9.18 Å².